The number of rotatable bonds is 8. The predicted molar refractivity (Wildman–Crippen MR) is 118 cm³/mol. The molecule has 1 heterocycles. The molecule has 0 bridgehead atoms. The van der Waals surface area contributed by atoms with Crippen LogP contribution in [0.15, 0.2) is 53.6 Å². The average Bonchev–Trinajstić information content (AvgIpc) is 3.25. The predicted octanol–water partition coefficient (Wildman–Crippen LogP) is 2.18. The van der Waals surface area contributed by atoms with Crippen molar-refractivity contribution < 1.29 is 23.5 Å². The Morgan fingerprint density at radius 3 is 2.53 bits per heavy atom. The van der Waals surface area contributed by atoms with Crippen molar-refractivity contribution in [3.8, 4) is 0 Å². The molecule has 0 aromatic heterocycles. The first-order valence-electron chi connectivity index (χ1n) is 10.3. The molecule has 168 valence electrons. The Balaban J connectivity index is 1.57. The lowest BCUT2D eigenvalue weighted by molar-refractivity contribution is -0.135. The van der Waals surface area contributed by atoms with E-state index in [-0.39, 0.29) is 43.3 Å². The van der Waals surface area contributed by atoms with E-state index in [2.05, 4.69) is 15.7 Å². The van der Waals surface area contributed by atoms with Crippen LogP contribution < -0.4 is 15.6 Å². The number of nitrogens with one attached hydrogen (secondary N) is 2. The summed E-state index contributed by atoms with van der Waals surface area (Å²) in [4.78, 5) is 37.1. The monoisotopic (exact) mass is 440 g/mol. The smallest absolute Gasteiger partial charge is 0.354 e. The molecule has 8 nitrogen and oxygen atoms in total. The highest BCUT2D eigenvalue weighted by Gasteiger charge is 2.36. The fourth-order valence-electron chi connectivity index (χ4n) is 3.19. The quantitative estimate of drug-likeness (QED) is 0.484. The van der Waals surface area contributed by atoms with Crippen molar-refractivity contribution in [2.24, 2.45) is 5.10 Å². The van der Waals surface area contributed by atoms with E-state index in [0.717, 1.165) is 0 Å². The fraction of sp³-hybridized carbons (Fsp3) is 0.304. The number of aryl methyl sites for hydroxylation is 1. The number of anilines is 1. The first-order valence-corrected chi connectivity index (χ1v) is 10.3. The summed E-state index contributed by atoms with van der Waals surface area (Å²) >= 11 is 0. The third-order valence-corrected chi connectivity index (χ3v) is 4.89. The lowest BCUT2D eigenvalue weighted by Gasteiger charge is -2.22. The van der Waals surface area contributed by atoms with Gasteiger partial charge in [0.05, 0.1) is 12.3 Å². The van der Waals surface area contributed by atoms with Gasteiger partial charge >= 0.3 is 5.97 Å². The van der Waals surface area contributed by atoms with Gasteiger partial charge in [-0.25, -0.2) is 9.18 Å². The molecular formula is C23H25FN4O4. The number of para-hydroxylation sites is 1. The minimum atomic E-state index is -0.723. The Hall–Kier alpha value is -3.75. The summed E-state index contributed by atoms with van der Waals surface area (Å²) in [5.41, 5.74) is 1.50. The van der Waals surface area contributed by atoms with Crippen LogP contribution in [-0.2, 0) is 14.3 Å². The first-order chi connectivity index (χ1) is 15.4. The van der Waals surface area contributed by atoms with Gasteiger partial charge in [-0.3, -0.25) is 14.6 Å². The van der Waals surface area contributed by atoms with Crippen LogP contribution in [0.5, 0.6) is 0 Å². The maximum absolute atomic E-state index is 13.6. The Morgan fingerprint density at radius 1 is 1.12 bits per heavy atom. The van der Waals surface area contributed by atoms with E-state index in [0.29, 0.717) is 11.3 Å². The van der Waals surface area contributed by atoms with E-state index in [1.807, 2.05) is 18.2 Å². The number of hydrazone groups is 1. The number of benzene rings is 2. The molecule has 2 amide bonds. The summed E-state index contributed by atoms with van der Waals surface area (Å²) in [7, 11) is 0. The summed E-state index contributed by atoms with van der Waals surface area (Å²) in [5.74, 6) is -1.78. The molecule has 32 heavy (non-hydrogen) atoms. The van der Waals surface area contributed by atoms with Crippen LogP contribution in [0.2, 0.25) is 0 Å². The topological polar surface area (TPSA) is 100 Å². The van der Waals surface area contributed by atoms with Crippen molar-refractivity contribution in [2.75, 3.05) is 24.7 Å². The lowest BCUT2D eigenvalue weighted by atomic mass is 10.1. The van der Waals surface area contributed by atoms with Gasteiger partial charge < -0.3 is 15.4 Å². The third-order valence-electron chi connectivity index (χ3n) is 4.89. The molecule has 2 aromatic rings. The van der Waals surface area contributed by atoms with Crippen LogP contribution in [-0.4, -0.2) is 49.2 Å². The van der Waals surface area contributed by atoms with Gasteiger partial charge in [-0.15, -0.1) is 0 Å². The number of carbonyl (C=O) groups excluding carboxylic acids is 3. The number of hydrogen-bond acceptors (Lipinski definition) is 6. The van der Waals surface area contributed by atoms with E-state index >= 15 is 0 Å². The summed E-state index contributed by atoms with van der Waals surface area (Å²) in [6.45, 7) is 3.85. The molecule has 2 aromatic carbocycles. The second-order valence-corrected chi connectivity index (χ2v) is 7.18. The van der Waals surface area contributed by atoms with Gasteiger partial charge in [0.2, 0.25) is 5.91 Å². The molecule has 1 unspecified atom stereocenters. The highest BCUT2D eigenvalue weighted by molar-refractivity contribution is 6.38. The molecule has 0 saturated heterocycles. The third kappa shape index (κ3) is 5.48. The number of carbonyl (C=O) groups is 3. The second kappa shape index (κ2) is 10.5. The Morgan fingerprint density at radius 2 is 1.84 bits per heavy atom. The van der Waals surface area contributed by atoms with E-state index in [1.54, 1.807) is 26.0 Å². The van der Waals surface area contributed by atoms with Crippen molar-refractivity contribution in [1.82, 2.24) is 10.6 Å². The summed E-state index contributed by atoms with van der Waals surface area (Å²) in [6.07, 6.45) is 0.106. The number of amides is 2. The number of esters is 1. The molecule has 1 aliphatic heterocycles. The van der Waals surface area contributed by atoms with Gasteiger partial charge in [0.25, 0.3) is 5.91 Å². The highest BCUT2D eigenvalue weighted by atomic mass is 19.1. The maximum Gasteiger partial charge on any atom is 0.354 e. The zero-order valence-electron chi connectivity index (χ0n) is 17.9. The SMILES string of the molecule is CCOC(=O)C1=NN(c2ccccc2)C(C(=O)NCCNC(=O)c2ccc(C)c(F)c2)C1. The van der Waals surface area contributed by atoms with Gasteiger partial charge in [-0.05, 0) is 43.7 Å². The first kappa shape index (κ1) is 22.9. The van der Waals surface area contributed by atoms with Crippen molar-refractivity contribution in [2.45, 2.75) is 26.3 Å². The zero-order valence-corrected chi connectivity index (χ0v) is 17.9. The van der Waals surface area contributed by atoms with Gasteiger partial charge in [0.1, 0.15) is 17.6 Å². The molecule has 0 fully saturated rings. The number of nitrogens with zero attached hydrogens (tertiary/aromatic N) is 2. The molecule has 2 N–H and O–H groups in total. The number of ether oxygens (including phenoxy) is 1. The van der Waals surface area contributed by atoms with Gasteiger partial charge in [-0.2, -0.15) is 5.10 Å². The van der Waals surface area contributed by atoms with Crippen LogP contribution in [0.3, 0.4) is 0 Å². The second-order valence-electron chi connectivity index (χ2n) is 7.18. The Kier molecular flexibility index (Phi) is 7.54. The number of hydrogen-bond donors (Lipinski definition) is 2. The molecule has 9 heteroatoms. The van der Waals surface area contributed by atoms with Crippen LogP contribution in [0.1, 0.15) is 29.3 Å². The van der Waals surface area contributed by atoms with Gasteiger partial charge in [0, 0.05) is 25.1 Å². The van der Waals surface area contributed by atoms with Gasteiger partial charge in [0.15, 0.2) is 0 Å². The van der Waals surface area contributed by atoms with Crippen LogP contribution in [0.25, 0.3) is 0 Å². The zero-order chi connectivity index (χ0) is 23.1. The Labute approximate surface area is 185 Å². The van der Waals surface area contributed by atoms with E-state index in [9.17, 15) is 18.8 Å². The van der Waals surface area contributed by atoms with E-state index < -0.39 is 23.7 Å². The molecule has 1 aliphatic rings. The lowest BCUT2D eigenvalue weighted by Crippen LogP contribution is -2.45. The maximum atomic E-state index is 13.6. The number of halogens is 1. The molecule has 0 spiro atoms. The minimum Gasteiger partial charge on any atom is -0.461 e. The molecule has 3 rings (SSSR count). The van der Waals surface area contributed by atoms with Crippen LogP contribution >= 0.6 is 0 Å². The minimum absolute atomic E-state index is 0.106. The molecule has 1 atom stereocenters. The van der Waals surface area contributed by atoms with E-state index in [1.165, 1.54) is 23.2 Å². The normalized spacial score (nSPS) is 15.2. The fourth-order valence-corrected chi connectivity index (χ4v) is 3.19. The van der Waals surface area contributed by atoms with Crippen LogP contribution in [0.4, 0.5) is 10.1 Å². The van der Waals surface area contributed by atoms with Crippen LogP contribution in [0, 0.1) is 12.7 Å². The summed E-state index contributed by atoms with van der Waals surface area (Å²) in [6, 6.07) is 12.6. The van der Waals surface area contributed by atoms with Crippen molar-refractivity contribution in [3.63, 3.8) is 0 Å². The van der Waals surface area contributed by atoms with E-state index in [4.69, 9.17) is 4.74 Å². The molecule has 0 radical (unpaired) electrons. The van der Waals surface area contributed by atoms with Crippen molar-refractivity contribution >= 4 is 29.2 Å². The van der Waals surface area contributed by atoms with Gasteiger partial charge in [-0.1, -0.05) is 24.3 Å². The summed E-state index contributed by atoms with van der Waals surface area (Å²) < 4.78 is 18.7. The largest absolute Gasteiger partial charge is 0.461 e. The van der Waals surface area contributed by atoms with Crippen molar-refractivity contribution in [1.29, 1.82) is 0 Å². The average molecular weight is 440 g/mol. The summed E-state index contributed by atoms with van der Waals surface area (Å²) in [5, 5.41) is 11.2. The van der Waals surface area contributed by atoms with Crippen molar-refractivity contribution in [3.05, 3.63) is 65.5 Å². The highest BCUT2D eigenvalue weighted by Crippen LogP contribution is 2.25. The molecule has 0 saturated carbocycles. The standard InChI is InChI=1S/C23H25FN4O4/c1-3-32-23(31)19-14-20(28(27-19)17-7-5-4-6-8-17)22(30)26-12-11-25-21(29)16-10-9-15(2)18(24)13-16/h4-10,13,20H,3,11-12,14H2,1-2H3,(H,25,29)(H,26,30). The Bertz CT molecular complexity index is 1030. The molecular weight excluding hydrogens is 415 g/mol. The molecule has 0 aliphatic carbocycles.